The van der Waals surface area contributed by atoms with Crippen LogP contribution in [-0.2, 0) is 4.74 Å². The van der Waals surface area contributed by atoms with Crippen molar-refractivity contribution in [2.75, 3.05) is 13.1 Å². The fourth-order valence-corrected chi connectivity index (χ4v) is 3.31. The summed E-state index contributed by atoms with van der Waals surface area (Å²) in [4.78, 5) is 17.5. The van der Waals surface area contributed by atoms with Crippen LogP contribution < -0.4 is 4.74 Å². The summed E-state index contributed by atoms with van der Waals surface area (Å²) in [6, 6.07) is 1.19. The number of ether oxygens (including phenoxy) is 2. The number of pyridine rings is 1. The molecule has 0 N–H and O–H groups in total. The van der Waals surface area contributed by atoms with E-state index in [2.05, 4.69) is 4.98 Å². The summed E-state index contributed by atoms with van der Waals surface area (Å²) in [5.74, 6) is -0.226. The smallest absolute Gasteiger partial charge is 0.410 e. The van der Waals surface area contributed by atoms with E-state index >= 15 is 0 Å². The first-order chi connectivity index (χ1) is 10.7. The zero-order valence-corrected chi connectivity index (χ0v) is 14.2. The van der Waals surface area contributed by atoms with Gasteiger partial charge in [0, 0.05) is 18.5 Å². The van der Waals surface area contributed by atoms with Gasteiger partial charge in [0.1, 0.15) is 22.5 Å². The Morgan fingerprint density at radius 2 is 2.09 bits per heavy atom. The van der Waals surface area contributed by atoms with Gasteiger partial charge >= 0.3 is 6.09 Å². The summed E-state index contributed by atoms with van der Waals surface area (Å²) in [7, 11) is 0. The van der Waals surface area contributed by atoms with Crippen molar-refractivity contribution in [1.29, 1.82) is 0 Å². The average molecular weight is 343 g/mol. The highest BCUT2D eigenvalue weighted by atomic mass is 35.5. The van der Waals surface area contributed by atoms with Crippen molar-refractivity contribution in [2.45, 2.75) is 45.3 Å². The molecule has 5 nitrogen and oxygen atoms in total. The van der Waals surface area contributed by atoms with Gasteiger partial charge in [0.05, 0.1) is 6.20 Å². The molecule has 1 saturated heterocycles. The van der Waals surface area contributed by atoms with Crippen molar-refractivity contribution in [2.24, 2.45) is 5.41 Å². The lowest BCUT2D eigenvalue weighted by Crippen LogP contribution is -2.66. The van der Waals surface area contributed by atoms with E-state index in [0.717, 1.165) is 19.0 Å². The standard InChI is InChI=1S/C16H20ClFN2O3/c1-15(2,3)23-14(21)20-8-16(9-20)5-11(6-16)22-13-12(17)4-10(18)7-19-13/h4,7,11H,5-6,8-9H2,1-3H3. The predicted octanol–water partition coefficient (Wildman–Crippen LogP) is 3.65. The molecule has 0 atom stereocenters. The molecule has 1 aromatic heterocycles. The van der Waals surface area contributed by atoms with Crippen LogP contribution in [0.3, 0.4) is 0 Å². The van der Waals surface area contributed by atoms with Crippen LogP contribution in [0, 0.1) is 11.2 Å². The second kappa shape index (κ2) is 5.51. The summed E-state index contributed by atoms with van der Waals surface area (Å²) < 4.78 is 24.0. The summed E-state index contributed by atoms with van der Waals surface area (Å²) in [5.41, 5.74) is -0.357. The molecule has 1 aliphatic carbocycles. The number of carbonyl (C=O) groups excluding carboxylic acids is 1. The molecule has 0 bridgehead atoms. The van der Waals surface area contributed by atoms with E-state index in [0.29, 0.717) is 13.1 Å². The van der Waals surface area contributed by atoms with E-state index in [1.807, 2.05) is 20.8 Å². The Bertz CT molecular complexity index is 618. The lowest BCUT2D eigenvalue weighted by molar-refractivity contribution is -0.117. The molecule has 0 aromatic carbocycles. The molecule has 2 aliphatic rings. The van der Waals surface area contributed by atoms with E-state index in [-0.39, 0.29) is 28.5 Å². The van der Waals surface area contributed by atoms with Crippen LogP contribution >= 0.6 is 11.6 Å². The quantitative estimate of drug-likeness (QED) is 0.823. The van der Waals surface area contributed by atoms with Gasteiger partial charge < -0.3 is 14.4 Å². The largest absolute Gasteiger partial charge is 0.473 e. The number of halogens is 2. The first-order valence-corrected chi connectivity index (χ1v) is 7.99. The highest BCUT2D eigenvalue weighted by Crippen LogP contribution is 2.50. The lowest BCUT2D eigenvalue weighted by Gasteiger charge is -2.57. The molecule has 126 valence electrons. The molecule has 1 aromatic rings. The fraction of sp³-hybridized carbons (Fsp3) is 0.625. The Balaban J connectivity index is 1.46. The van der Waals surface area contributed by atoms with Crippen LogP contribution in [0.25, 0.3) is 0 Å². The fourth-order valence-electron chi connectivity index (χ4n) is 3.11. The number of hydrogen-bond acceptors (Lipinski definition) is 4. The Morgan fingerprint density at radius 3 is 2.65 bits per heavy atom. The van der Waals surface area contributed by atoms with Gasteiger partial charge in [-0.05, 0) is 39.7 Å². The van der Waals surface area contributed by atoms with Gasteiger partial charge in [0.25, 0.3) is 0 Å². The summed E-state index contributed by atoms with van der Waals surface area (Å²) >= 11 is 5.90. The minimum absolute atomic E-state index is 0.00578. The molecule has 2 heterocycles. The van der Waals surface area contributed by atoms with Gasteiger partial charge in [-0.2, -0.15) is 0 Å². The van der Waals surface area contributed by atoms with Gasteiger partial charge in [-0.1, -0.05) is 11.6 Å². The second-order valence-electron chi connectivity index (χ2n) is 7.43. The predicted molar refractivity (Wildman–Crippen MR) is 83.1 cm³/mol. The van der Waals surface area contributed by atoms with Crippen LogP contribution in [-0.4, -0.2) is 40.8 Å². The van der Waals surface area contributed by atoms with Gasteiger partial charge in [0.2, 0.25) is 5.88 Å². The average Bonchev–Trinajstić information content (AvgIpc) is 2.30. The highest BCUT2D eigenvalue weighted by Gasteiger charge is 2.55. The zero-order valence-electron chi connectivity index (χ0n) is 13.4. The molecule has 1 spiro atoms. The molecule has 1 aliphatic heterocycles. The maximum Gasteiger partial charge on any atom is 0.410 e. The van der Waals surface area contributed by atoms with Crippen LogP contribution in [0.2, 0.25) is 5.02 Å². The summed E-state index contributed by atoms with van der Waals surface area (Å²) in [6.45, 7) is 6.94. The number of likely N-dealkylation sites (tertiary alicyclic amines) is 1. The van der Waals surface area contributed by atoms with Crippen LogP contribution in [0.5, 0.6) is 5.88 Å². The number of aromatic nitrogens is 1. The van der Waals surface area contributed by atoms with Gasteiger partial charge in [-0.25, -0.2) is 14.2 Å². The van der Waals surface area contributed by atoms with Gasteiger partial charge in [0.15, 0.2) is 0 Å². The van der Waals surface area contributed by atoms with Crippen molar-refractivity contribution in [3.63, 3.8) is 0 Å². The van der Waals surface area contributed by atoms with E-state index in [9.17, 15) is 9.18 Å². The first kappa shape index (κ1) is 16.3. The van der Waals surface area contributed by atoms with E-state index < -0.39 is 11.4 Å². The summed E-state index contributed by atoms with van der Waals surface area (Å²) in [6.07, 6.45) is 2.49. The lowest BCUT2D eigenvalue weighted by atomic mass is 9.62. The third-order valence-corrected chi connectivity index (χ3v) is 4.35. The van der Waals surface area contributed by atoms with Gasteiger partial charge in [-0.15, -0.1) is 0 Å². The number of nitrogens with zero attached hydrogens (tertiary/aromatic N) is 2. The molecule has 1 saturated carbocycles. The third-order valence-electron chi connectivity index (χ3n) is 4.08. The van der Waals surface area contributed by atoms with Crippen molar-refractivity contribution in [1.82, 2.24) is 9.88 Å². The maximum atomic E-state index is 13.0. The Kier molecular flexibility index (Phi) is 3.91. The maximum absolute atomic E-state index is 13.0. The Hall–Kier alpha value is -1.56. The van der Waals surface area contributed by atoms with E-state index in [4.69, 9.17) is 21.1 Å². The van der Waals surface area contributed by atoms with Crippen molar-refractivity contribution in [3.05, 3.63) is 23.1 Å². The monoisotopic (exact) mass is 342 g/mol. The molecule has 2 fully saturated rings. The second-order valence-corrected chi connectivity index (χ2v) is 7.83. The third kappa shape index (κ3) is 3.52. The molecule has 0 unspecified atom stereocenters. The number of amides is 1. The molecular formula is C16H20ClFN2O3. The number of hydrogen-bond donors (Lipinski definition) is 0. The van der Waals surface area contributed by atoms with Crippen molar-refractivity contribution < 1.29 is 18.7 Å². The number of rotatable bonds is 2. The Morgan fingerprint density at radius 1 is 1.43 bits per heavy atom. The molecular weight excluding hydrogens is 323 g/mol. The van der Waals surface area contributed by atoms with Crippen molar-refractivity contribution in [3.8, 4) is 5.88 Å². The molecule has 7 heteroatoms. The molecule has 0 radical (unpaired) electrons. The highest BCUT2D eigenvalue weighted by molar-refractivity contribution is 6.31. The van der Waals surface area contributed by atoms with Crippen molar-refractivity contribution >= 4 is 17.7 Å². The normalized spacial score (nSPS) is 20.0. The van der Waals surface area contributed by atoms with Crippen LogP contribution in [0.1, 0.15) is 33.6 Å². The molecule has 3 rings (SSSR count). The minimum Gasteiger partial charge on any atom is -0.473 e. The molecule has 1 amide bonds. The van der Waals surface area contributed by atoms with Crippen LogP contribution in [0.15, 0.2) is 12.3 Å². The molecule has 23 heavy (non-hydrogen) atoms. The number of carbonyl (C=O) groups is 1. The van der Waals surface area contributed by atoms with Crippen LogP contribution in [0.4, 0.5) is 9.18 Å². The topological polar surface area (TPSA) is 51.7 Å². The van der Waals surface area contributed by atoms with E-state index in [1.54, 1.807) is 4.90 Å². The minimum atomic E-state index is -0.487. The summed E-state index contributed by atoms with van der Waals surface area (Å²) in [5, 5.41) is 0.176. The van der Waals surface area contributed by atoms with E-state index in [1.165, 1.54) is 6.07 Å². The van der Waals surface area contributed by atoms with Gasteiger partial charge in [-0.3, -0.25) is 0 Å². The first-order valence-electron chi connectivity index (χ1n) is 7.61. The SMILES string of the molecule is CC(C)(C)OC(=O)N1CC2(CC(Oc3ncc(F)cc3Cl)C2)C1. The Labute approximate surface area is 139 Å². The zero-order chi connectivity index (χ0) is 16.8.